The number of nitrogens with zero attached hydrogens (tertiary/aromatic N) is 1. The largest absolute Gasteiger partial charge is 0.393 e. The van der Waals surface area contributed by atoms with Crippen LogP contribution in [0, 0.1) is 6.92 Å². The molecule has 0 spiro atoms. The Morgan fingerprint density at radius 2 is 1.95 bits per heavy atom. The van der Waals surface area contributed by atoms with Crippen molar-refractivity contribution in [2.45, 2.75) is 50.8 Å². The van der Waals surface area contributed by atoms with Crippen LogP contribution in [0.4, 0.5) is 0 Å². The number of fused-ring (bicyclic) bond motifs is 2. The first-order chi connectivity index (χ1) is 9.08. The molecule has 0 saturated carbocycles. The average Bonchev–Trinajstić information content (AvgIpc) is 2.64. The number of aliphatic hydroxyl groups excluding tert-OH is 1. The normalized spacial score (nSPS) is 29.6. The van der Waals surface area contributed by atoms with Crippen molar-refractivity contribution >= 4 is 17.5 Å². The van der Waals surface area contributed by atoms with Crippen molar-refractivity contribution in [3.8, 4) is 0 Å². The van der Waals surface area contributed by atoms with Crippen molar-refractivity contribution in [2.75, 3.05) is 0 Å². The van der Waals surface area contributed by atoms with Crippen LogP contribution in [0.15, 0.2) is 18.2 Å². The van der Waals surface area contributed by atoms with E-state index in [0.717, 1.165) is 18.4 Å². The molecule has 2 atom stereocenters. The Morgan fingerprint density at radius 3 is 2.58 bits per heavy atom. The lowest BCUT2D eigenvalue weighted by atomic mass is 9.97. The fraction of sp³-hybridized carbons (Fsp3) is 0.533. The minimum absolute atomic E-state index is 0.0689. The molecule has 2 bridgehead atoms. The first-order valence-electron chi connectivity index (χ1n) is 6.83. The summed E-state index contributed by atoms with van der Waals surface area (Å²) in [5, 5.41) is 10.4. The van der Waals surface area contributed by atoms with E-state index in [1.165, 1.54) is 0 Å². The maximum atomic E-state index is 12.7. The Hall–Kier alpha value is -1.06. The van der Waals surface area contributed by atoms with Gasteiger partial charge < -0.3 is 10.0 Å². The number of carbonyl (C=O) groups is 1. The SMILES string of the molecule is Cc1c(Cl)cccc1C(=O)N1C2CCC1CC(O)C2. The molecule has 1 aromatic carbocycles. The van der Waals surface area contributed by atoms with Gasteiger partial charge in [0.15, 0.2) is 0 Å². The zero-order valence-electron chi connectivity index (χ0n) is 11.0. The lowest BCUT2D eigenvalue weighted by Gasteiger charge is -2.37. The van der Waals surface area contributed by atoms with Gasteiger partial charge in [0.2, 0.25) is 0 Å². The highest BCUT2D eigenvalue weighted by Gasteiger charge is 2.43. The highest BCUT2D eigenvalue weighted by atomic mass is 35.5. The van der Waals surface area contributed by atoms with E-state index in [1.807, 2.05) is 30.0 Å². The minimum Gasteiger partial charge on any atom is -0.393 e. The molecule has 3 rings (SSSR count). The van der Waals surface area contributed by atoms with E-state index >= 15 is 0 Å². The van der Waals surface area contributed by atoms with Gasteiger partial charge in [-0.2, -0.15) is 0 Å². The fourth-order valence-electron chi connectivity index (χ4n) is 3.46. The zero-order chi connectivity index (χ0) is 13.6. The van der Waals surface area contributed by atoms with E-state index in [2.05, 4.69) is 0 Å². The highest BCUT2D eigenvalue weighted by Crippen LogP contribution is 2.37. The Kier molecular flexibility index (Phi) is 3.27. The molecule has 102 valence electrons. The van der Waals surface area contributed by atoms with Crippen LogP contribution in [-0.2, 0) is 0 Å². The molecule has 2 aliphatic rings. The van der Waals surface area contributed by atoms with Crippen molar-refractivity contribution in [1.29, 1.82) is 0 Å². The van der Waals surface area contributed by atoms with Gasteiger partial charge >= 0.3 is 0 Å². The monoisotopic (exact) mass is 279 g/mol. The third-order valence-electron chi connectivity index (χ3n) is 4.44. The summed E-state index contributed by atoms with van der Waals surface area (Å²) in [6, 6.07) is 5.86. The summed E-state index contributed by atoms with van der Waals surface area (Å²) in [5.74, 6) is 0.0689. The molecule has 0 aliphatic carbocycles. The molecule has 2 saturated heterocycles. The first kappa shape index (κ1) is 12.9. The lowest BCUT2D eigenvalue weighted by molar-refractivity contribution is 0.0286. The number of carbonyl (C=O) groups excluding carboxylic acids is 1. The van der Waals surface area contributed by atoms with E-state index in [4.69, 9.17) is 11.6 Å². The maximum absolute atomic E-state index is 12.7. The summed E-state index contributed by atoms with van der Waals surface area (Å²) in [7, 11) is 0. The van der Waals surface area contributed by atoms with Gasteiger partial charge in [0, 0.05) is 22.7 Å². The van der Waals surface area contributed by atoms with E-state index in [9.17, 15) is 9.90 Å². The molecular weight excluding hydrogens is 262 g/mol. The first-order valence-corrected chi connectivity index (χ1v) is 7.21. The van der Waals surface area contributed by atoms with E-state index in [0.29, 0.717) is 23.4 Å². The van der Waals surface area contributed by atoms with Crippen LogP contribution in [0.5, 0.6) is 0 Å². The average molecular weight is 280 g/mol. The molecule has 2 aliphatic heterocycles. The second kappa shape index (κ2) is 4.80. The topological polar surface area (TPSA) is 40.5 Å². The third-order valence-corrected chi connectivity index (χ3v) is 4.85. The zero-order valence-corrected chi connectivity index (χ0v) is 11.7. The van der Waals surface area contributed by atoms with Gasteiger partial charge in [0.05, 0.1) is 6.10 Å². The predicted octanol–water partition coefficient (Wildman–Crippen LogP) is 2.78. The molecule has 1 N–H and O–H groups in total. The second-order valence-electron chi connectivity index (χ2n) is 5.64. The smallest absolute Gasteiger partial charge is 0.254 e. The van der Waals surface area contributed by atoms with Gasteiger partial charge in [-0.1, -0.05) is 17.7 Å². The van der Waals surface area contributed by atoms with Gasteiger partial charge in [-0.3, -0.25) is 4.79 Å². The summed E-state index contributed by atoms with van der Waals surface area (Å²) < 4.78 is 0. The molecule has 3 nitrogen and oxygen atoms in total. The van der Waals surface area contributed by atoms with Crippen LogP contribution in [-0.4, -0.2) is 34.1 Å². The van der Waals surface area contributed by atoms with Crippen LogP contribution >= 0.6 is 11.6 Å². The Bertz CT molecular complexity index is 503. The molecule has 2 heterocycles. The number of piperidine rings is 1. The van der Waals surface area contributed by atoms with Gasteiger partial charge in [-0.15, -0.1) is 0 Å². The summed E-state index contributed by atoms with van der Waals surface area (Å²) in [6.07, 6.45) is 3.19. The lowest BCUT2D eigenvalue weighted by Crippen LogP contribution is -2.48. The molecule has 1 amide bonds. The summed E-state index contributed by atoms with van der Waals surface area (Å²) >= 11 is 6.10. The second-order valence-corrected chi connectivity index (χ2v) is 6.04. The van der Waals surface area contributed by atoms with Crippen molar-refractivity contribution in [1.82, 2.24) is 4.90 Å². The summed E-state index contributed by atoms with van der Waals surface area (Å²) in [6.45, 7) is 1.89. The molecule has 2 fully saturated rings. The highest BCUT2D eigenvalue weighted by molar-refractivity contribution is 6.31. The van der Waals surface area contributed by atoms with Gasteiger partial charge in [0.1, 0.15) is 0 Å². The van der Waals surface area contributed by atoms with Gasteiger partial charge in [-0.05, 0) is 50.3 Å². The molecule has 4 heteroatoms. The number of aliphatic hydroxyl groups is 1. The quantitative estimate of drug-likeness (QED) is 0.859. The standard InChI is InChI=1S/C15H18ClNO2/c1-9-13(3-2-4-14(9)16)15(19)17-10-5-6-11(17)8-12(18)7-10/h2-4,10-12,18H,5-8H2,1H3. The number of rotatable bonds is 1. The Morgan fingerprint density at radius 1 is 1.32 bits per heavy atom. The van der Waals surface area contributed by atoms with Crippen LogP contribution in [0.3, 0.4) is 0 Å². The van der Waals surface area contributed by atoms with Crippen molar-refractivity contribution < 1.29 is 9.90 Å². The molecule has 2 unspecified atom stereocenters. The van der Waals surface area contributed by atoms with Crippen LogP contribution < -0.4 is 0 Å². The maximum Gasteiger partial charge on any atom is 0.254 e. The Balaban J connectivity index is 1.91. The van der Waals surface area contributed by atoms with Crippen LogP contribution in [0.1, 0.15) is 41.6 Å². The van der Waals surface area contributed by atoms with Crippen LogP contribution in [0.25, 0.3) is 0 Å². The number of hydrogen-bond donors (Lipinski definition) is 1. The minimum atomic E-state index is -0.248. The van der Waals surface area contributed by atoms with Gasteiger partial charge in [0.25, 0.3) is 5.91 Å². The molecule has 19 heavy (non-hydrogen) atoms. The number of hydrogen-bond acceptors (Lipinski definition) is 2. The molecule has 1 aromatic rings. The Labute approximate surface area is 118 Å². The summed E-state index contributed by atoms with van der Waals surface area (Å²) in [5.41, 5.74) is 1.54. The molecule has 0 radical (unpaired) electrons. The predicted molar refractivity (Wildman–Crippen MR) is 74.4 cm³/mol. The van der Waals surface area contributed by atoms with E-state index in [-0.39, 0.29) is 24.1 Å². The van der Waals surface area contributed by atoms with Crippen molar-refractivity contribution in [2.24, 2.45) is 0 Å². The van der Waals surface area contributed by atoms with Crippen molar-refractivity contribution in [3.63, 3.8) is 0 Å². The number of halogens is 1. The van der Waals surface area contributed by atoms with Crippen LogP contribution in [0.2, 0.25) is 5.02 Å². The third kappa shape index (κ3) is 2.15. The molecule has 0 aromatic heterocycles. The van der Waals surface area contributed by atoms with E-state index < -0.39 is 0 Å². The number of benzene rings is 1. The fourth-order valence-corrected chi connectivity index (χ4v) is 3.63. The van der Waals surface area contributed by atoms with E-state index in [1.54, 1.807) is 0 Å². The number of amides is 1. The van der Waals surface area contributed by atoms with Gasteiger partial charge in [-0.25, -0.2) is 0 Å². The van der Waals surface area contributed by atoms with Crippen molar-refractivity contribution in [3.05, 3.63) is 34.3 Å². The molecular formula is C15H18ClNO2. The summed E-state index contributed by atoms with van der Waals surface area (Å²) in [4.78, 5) is 14.7.